The smallest absolute Gasteiger partial charge is 0.255 e. The number of rotatable bonds is 3. The van der Waals surface area contributed by atoms with Gasteiger partial charge in [0.15, 0.2) is 4.77 Å². The van der Waals surface area contributed by atoms with Crippen LogP contribution in [0.3, 0.4) is 0 Å². The zero-order chi connectivity index (χ0) is 19.8. The van der Waals surface area contributed by atoms with Crippen molar-refractivity contribution >= 4 is 29.5 Å². The molecule has 9 heteroatoms. The fraction of sp³-hybridized carbons (Fsp3) is 0.278. The minimum absolute atomic E-state index is 0.131. The Hall–Kier alpha value is -3.25. The quantitative estimate of drug-likeness (QED) is 0.369. The molecule has 0 unspecified atom stereocenters. The van der Waals surface area contributed by atoms with Gasteiger partial charge in [0.2, 0.25) is 17.5 Å². The zero-order valence-electron chi connectivity index (χ0n) is 15.4. The van der Waals surface area contributed by atoms with Crippen molar-refractivity contribution in [1.82, 2.24) is 19.3 Å². The molecule has 0 saturated heterocycles. The van der Waals surface area contributed by atoms with Crippen LogP contribution in [-0.4, -0.2) is 24.4 Å². The van der Waals surface area contributed by atoms with Crippen LogP contribution in [0.15, 0.2) is 40.6 Å². The maximum atomic E-state index is 10.6. The molecule has 0 fully saturated rings. The van der Waals surface area contributed by atoms with E-state index in [1.165, 1.54) is 4.57 Å². The van der Waals surface area contributed by atoms with Crippen LogP contribution in [0.1, 0.15) is 26.5 Å². The third kappa shape index (κ3) is 3.27. The lowest BCUT2D eigenvalue weighted by Crippen LogP contribution is -2.11. The van der Waals surface area contributed by atoms with Crippen LogP contribution in [0, 0.1) is 11.3 Å². The Morgan fingerprint density at radius 3 is 2.48 bits per heavy atom. The van der Waals surface area contributed by atoms with E-state index in [1.54, 1.807) is 11.6 Å². The summed E-state index contributed by atoms with van der Waals surface area (Å²) in [5.74, 6) is 0.223. The molecule has 8 nitrogen and oxygen atoms in total. The van der Waals surface area contributed by atoms with Gasteiger partial charge in [-0.1, -0.05) is 39.0 Å². The first-order valence-electron chi connectivity index (χ1n) is 8.20. The van der Waals surface area contributed by atoms with E-state index in [1.807, 2.05) is 51.1 Å². The van der Waals surface area contributed by atoms with Crippen LogP contribution >= 0.6 is 12.2 Å². The lowest BCUT2D eigenvalue weighted by Gasteiger charge is -2.16. The highest BCUT2D eigenvalue weighted by molar-refractivity contribution is 7.71. The molecule has 0 bridgehead atoms. The van der Waals surface area contributed by atoms with Gasteiger partial charge in [0.1, 0.15) is 0 Å². The van der Waals surface area contributed by atoms with Crippen LogP contribution in [0.2, 0.25) is 0 Å². The van der Waals surface area contributed by atoms with E-state index in [4.69, 9.17) is 18.8 Å². The van der Waals surface area contributed by atoms with Crippen molar-refractivity contribution in [2.24, 2.45) is 17.3 Å². The van der Waals surface area contributed by atoms with Gasteiger partial charge in [0.05, 0.1) is 12.3 Å². The molecule has 2 N–H and O–H groups in total. The predicted octanol–water partition coefficient (Wildman–Crippen LogP) is 5.24. The number of nitrogens with one attached hydrogen (secondary N) is 1. The second-order valence-electron chi connectivity index (χ2n) is 6.99. The number of hydrogen-bond donors (Lipinski definition) is 2. The summed E-state index contributed by atoms with van der Waals surface area (Å²) in [6.45, 7) is 13.4. The van der Waals surface area contributed by atoms with Gasteiger partial charge in [-0.25, -0.2) is 4.85 Å². The molecule has 0 atom stereocenters. The summed E-state index contributed by atoms with van der Waals surface area (Å²) < 4.78 is 3.43. The van der Waals surface area contributed by atoms with Crippen LogP contribution in [-0.2, 0) is 12.5 Å². The molecule has 0 aliphatic rings. The van der Waals surface area contributed by atoms with E-state index in [0.717, 1.165) is 0 Å². The topological polar surface area (TPSA) is 87.8 Å². The summed E-state index contributed by atoms with van der Waals surface area (Å²) in [6, 6.07) is 9.24. The minimum atomic E-state index is -0.280. The number of aromatic hydroxyl groups is 1. The summed E-state index contributed by atoms with van der Waals surface area (Å²) in [5, 5.41) is 25.8. The largest absolute Gasteiger partial charge is 0.491 e. The molecule has 0 saturated carbocycles. The number of benzene rings is 1. The SMILES string of the molecule is [C-]#[N+]c1c(N=Nc2c(O)n(-c3ccccc3)c(=S)n2C)n[nH]c1C(C)(C)C. The normalized spacial score (nSPS) is 11.8. The molecule has 0 aliphatic carbocycles. The molecular weight excluding hydrogens is 362 g/mol. The molecule has 27 heavy (non-hydrogen) atoms. The first-order chi connectivity index (χ1) is 12.8. The van der Waals surface area contributed by atoms with Crippen molar-refractivity contribution < 1.29 is 5.11 Å². The number of imidazole rings is 1. The zero-order valence-corrected chi connectivity index (χ0v) is 16.2. The Bertz CT molecular complexity index is 1110. The average Bonchev–Trinajstić information content (AvgIpc) is 3.14. The molecule has 0 aliphatic heterocycles. The van der Waals surface area contributed by atoms with Crippen molar-refractivity contribution in [1.29, 1.82) is 0 Å². The van der Waals surface area contributed by atoms with Gasteiger partial charge in [-0.15, -0.1) is 10.2 Å². The van der Waals surface area contributed by atoms with E-state index in [0.29, 0.717) is 21.8 Å². The molecular formula is C18H19N7OS. The third-order valence-corrected chi connectivity index (χ3v) is 4.50. The molecule has 3 rings (SSSR count). The van der Waals surface area contributed by atoms with Crippen molar-refractivity contribution in [2.75, 3.05) is 0 Å². The molecule has 0 amide bonds. The highest BCUT2D eigenvalue weighted by Gasteiger charge is 2.24. The van der Waals surface area contributed by atoms with E-state index >= 15 is 0 Å². The lowest BCUT2D eigenvalue weighted by molar-refractivity contribution is 0.443. The summed E-state index contributed by atoms with van der Waals surface area (Å²) in [5.41, 5.74) is 1.44. The lowest BCUT2D eigenvalue weighted by atomic mass is 9.91. The van der Waals surface area contributed by atoms with E-state index in [9.17, 15) is 5.11 Å². The molecule has 2 heterocycles. The second-order valence-corrected chi connectivity index (χ2v) is 7.36. The average molecular weight is 381 g/mol. The molecule has 0 radical (unpaired) electrons. The number of aromatic nitrogens is 4. The summed E-state index contributed by atoms with van der Waals surface area (Å²) >= 11 is 5.41. The van der Waals surface area contributed by atoms with Gasteiger partial charge in [-0.05, 0) is 29.8 Å². The van der Waals surface area contributed by atoms with Gasteiger partial charge in [0.25, 0.3) is 5.69 Å². The Balaban J connectivity index is 2.07. The third-order valence-electron chi connectivity index (χ3n) is 4.05. The maximum absolute atomic E-state index is 10.6. The van der Waals surface area contributed by atoms with Crippen molar-refractivity contribution in [3.05, 3.63) is 52.2 Å². The predicted molar refractivity (Wildman–Crippen MR) is 105 cm³/mol. The monoisotopic (exact) mass is 381 g/mol. The van der Waals surface area contributed by atoms with Crippen LogP contribution in [0.5, 0.6) is 5.88 Å². The van der Waals surface area contributed by atoms with E-state index < -0.39 is 0 Å². The van der Waals surface area contributed by atoms with Gasteiger partial charge in [-0.3, -0.25) is 14.2 Å². The second kappa shape index (κ2) is 6.81. The van der Waals surface area contributed by atoms with Gasteiger partial charge in [0, 0.05) is 12.7 Å². The minimum Gasteiger partial charge on any atom is -0.491 e. The first kappa shape index (κ1) is 18.5. The number of hydrogen-bond acceptors (Lipinski definition) is 5. The Kier molecular flexibility index (Phi) is 4.68. The Labute approximate surface area is 161 Å². The van der Waals surface area contributed by atoms with Crippen LogP contribution in [0.25, 0.3) is 10.5 Å². The highest BCUT2D eigenvalue weighted by atomic mass is 32.1. The Morgan fingerprint density at radius 2 is 1.89 bits per heavy atom. The summed E-state index contributed by atoms with van der Waals surface area (Å²) in [7, 11) is 1.69. The van der Waals surface area contributed by atoms with E-state index in [2.05, 4.69) is 25.3 Å². The molecule has 0 spiro atoms. The number of nitrogens with zero attached hydrogens (tertiary/aromatic N) is 6. The van der Waals surface area contributed by atoms with Crippen molar-refractivity contribution in [2.45, 2.75) is 26.2 Å². The fourth-order valence-electron chi connectivity index (χ4n) is 2.62. The van der Waals surface area contributed by atoms with Crippen molar-refractivity contribution in [3.8, 4) is 11.6 Å². The number of azo groups is 1. The van der Waals surface area contributed by atoms with Crippen LogP contribution < -0.4 is 0 Å². The standard InChI is InChI=1S/C18H19N7OS/c1-18(2,3)13-12(19-4)14(21-20-13)22-23-15-16(26)25(17(27)24(15)5)11-9-7-6-8-10-11/h6-10,26H,1-3,5H3,(H,20,21). The Morgan fingerprint density at radius 1 is 1.22 bits per heavy atom. The van der Waals surface area contributed by atoms with Gasteiger partial charge < -0.3 is 5.11 Å². The first-order valence-corrected chi connectivity index (χ1v) is 8.60. The number of para-hydroxylation sites is 1. The van der Waals surface area contributed by atoms with Crippen molar-refractivity contribution in [3.63, 3.8) is 0 Å². The molecule has 1 aromatic carbocycles. The molecule has 138 valence electrons. The highest BCUT2D eigenvalue weighted by Crippen LogP contribution is 2.38. The number of H-pyrrole nitrogens is 1. The summed E-state index contributed by atoms with van der Waals surface area (Å²) in [4.78, 5) is 3.53. The number of aromatic amines is 1. The fourth-order valence-corrected chi connectivity index (χ4v) is 2.90. The maximum Gasteiger partial charge on any atom is 0.255 e. The van der Waals surface area contributed by atoms with Gasteiger partial charge >= 0.3 is 0 Å². The van der Waals surface area contributed by atoms with Crippen LogP contribution in [0.4, 0.5) is 17.3 Å². The molecule has 2 aromatic heterocycles. The van der Waals surface area contributed by atoms with Gasteiger partial charge in [-0.2, -0.15) is 5.10 Å². The van der Waals surface area contributed by atoms with E-state index in [-0.39, 0.29) is 22.9 Å². The molecule has 3 aromatic rings. The summed E-state index contributed by atoms with van der Waals surface area (Å²) in [6.07, 6.45) is 0.